The van der Waals surface area contributed by atoms with Gasteiger partial charge in [-0.25, -0.2) is 28.8 Å². The first-order chi connectivity index (χ1) is 16.6. The van der Waals surface area contributed by atoms with Crippen LogP contribution < -0.4 is 5.73 Å². The summed E-state index contributed by atoms with van der Waals surface area (Å²) < 4.78 is 20.7. The second-order valence-corrected chi connectivity index (χ2v) is 9.71. The third kappa shape index (κ3) is 3.74. The van der Waals surface area contributed by atoms with Crippen LogP contribution in [-0.4, -0.2) is 59.2 Å². The van der Waals surface area contributed by atoms with Crippen molar-refractivity contribution in [3.63, 3.8) is 0 Å². The minimum atomic E-state index is -1.02. The standard InChI is InChI=1S/C23H24FN7O4/c1-23(2,3)18-13(5-4-8-30(18)22(33)34)31-20-15(19(25)26-10-27-20)16(29-31)17(32)21-28-12-9-11(24)6-7-14(12)35-21/h6-7,9-10,13,18H,4-5,8H2,1-3H3,(H,33,34)(H2,25,26,27). The second kappa shape index (κ2) is 8.00. The molecule has 1 saturated heterocycles. The Bertz CT molecular complexity index is 1470. The highest BCUT2D eigenvalue weighted by Crippen LogP contribution is 2.40. The topological polar surface area (TPSA) is 153 Å². The van der Waals surface area contributed by atoms with Gasteiger partial charge in [-0.1, -0.05) is 20.8 Å². The summed E-state index contributed by atoms with van der Waals surface area (Å²) in [6.45, 7) is 6.29. The van der Waals surface area contributed by atoms with Crippen LogP contribution in [0, 0.1) is 11.2 Å². The van der Waals surface area contributed by atoms with Crippen LogP contribution in [0.4, 0.5) is 15.0 Å². The van der Waals surface area contributed by atoms with E-state index in [9.17, 15) is 19.1 Å². The van der Waals surface area contributed by atoms with Crippen molar-refractivity contribution < 1.29 is 23.5 Å². The monoisotopic (exact) mass is 481 g/mol. The molecule has 1 aliphatic heterocycles. The second-order valence-electron chi connectivity index (χ2n) is 9.71. The number of nitrogen functional groups attached to an aromatic ring is 1. The van der Waals surface area contributed by atoms with E-state index in [-0.39, 0.29) is 33.9 Å². The highest BCUT2D eigenvalue weighted by molar-refractivity contribution is 6.15. The van der Waals surface area contributed by atoms with Gasteiger partial charge in [-0.2, -0.15) is 5.10 Å². The summed E-state index contributed by atoms with van der Waals surface area (Å²) in [6, 6.07) is 2.92. The molecule has 0 radical (unpaired) electrons. The van der Waals surface area contributed by atoms with Gasteiger partial charge in [-0.15, -0.1) is 0 Å². The molecule has 3 aromatic heterocycles. The maximum Gasteiger partial charge on any atom is 0.407 e. The van der Waals surface area contributed by atoms with Gasteiger partial charge in [-0.3, -0.25) is 4.79 Å². The van der Waals surface area contributed by atoms with Crippen molar-refractivity contribution in [2.24, 2.45) is 5.41 Å². The van der Waals surface area contributed by atoms with E-state index in [1.807, 2.05) is 20.8 Å². The molecular formula is C23H24FN7O4. The van der Waals surface area contributed by atoms with Gasteiger partial charge < -0.3 is 20.2 Å². The Morgan fingerprint density at radius 3 is 2.74 bits per heavy atom. The number of nitrogens with zero attached hydrogens (tertiary/aromatic N) is 6. The molecule has 1 amide bonds. The zero-order valence-electron chi connectivity index (χ0n) is 19.4. The summed E-state index contributed by atoms with van der Waals surface area (Å²) in [5.41, 5.74) is 6.40. The SMILES string of the molecule is CC(C)(C)C1C(n2nc(C(=O)c3nc4cc(F)ccc4o3)c3c(N)ncnc32)CCCN1C(=O)O. The largest absolute Gasteiger partial charge is 0.465 e. The van der Waals surface area contributed by atoms with Gasteiger partial charge in [0.15, 0.2) is 16.9 Å². The number of fused-ring (bicyclic) bond motifs is 2. The van der Waals surface area contributed by atoms with E-state index in [0.717, 1.165) is 0 Å². The number of likely N-dealkylation sites (tertiary alicyclic amines) is 1. The molecule has 0 aliphatic carbocycles. The van der Waals surface area contributed by atoms with E-state index >= 15 is 0 Å². The van der Waals surface area contributed by atoms with Crippen LogP contribution in [-0.2, 0) is 0 Å². The predicted octanol–water partition coefficient (Wildman–Crippen LogP) is 3.65. The van der Waals surface area contributed by atoms with Crippen molar-refractivity contribution in [2.45, 2.75) is 45.7 Å². The molecule has 12 heteroatoms. The molecule has 2 atom stereocenters. The molecule has 5 rings (SSSR count). The number of carbonyl (C=O) groups is 2. The first-order valence-electron chi connectivity index (χ1n) is 11.2. The smallest absolute Gasteiger partial charge is 0.407 e. The molecule has 11 nitrogen and oxygen atoms in total. The van der Waals surface area contributed by atoms with E-state index < -0.39 is 35.2 Å². The summed E-state index contributed by atoms with van der Waals surface area (Å²) in [6.07, 6.45) is 1.50. The normalized spacial score (nSPS) is 18.9. The van der Waals surface area contributed by atoms with E-state index in [4.69, 9.17) is 10.2 Å². The highest BCUT2D eigenvalue weighted by atomic mass is 19.1. The summed E-state index contributed by atoms with van der Waals surface area (Å²) in [5.74, 6) is -1.40. The van der Waals surface area contributed by atoms with Gasteiger partial charge in [0.2, 0.25) is 0 Å². The van der Waals surface area contributed by atoms with Crippen LogP contribution in [0.15, 0.2) is 28.9 Å². The zero-order chi connectivity index (χ0) is 25.1. The number of halogens is 1. The van der Waals surface area contributed by atoms with Crippen LogP contribution in [0.3, 0.4) is 0 Å². The van der Waals surface area contributed by atoms with Crippen LogP contribution >= 0.6 is 0 Å². The third-order valence-corrected chi connectivity index (χ3v) is 6.32. The number of hydrogen-bond acceptors (Lipinski definition) is 8. The van der Waals surface area contributed by atoms with E-state index in [1.165, 1.54) is 29.4 Å². The molecule has 1 aliphatic rings. The molecule has 0 saturated carbocycles. The van der Waals surface area contributed by atoms with Gasteiger partial charge in [0.25, 0.3) is 11.7 Å². The van der Waals surface area contributed by atoms with Crippen molar-refractivity contribution in [1.29, 1.82) is 0 Å². The number of benzene rings is 1. The Labute approximate surface area is 198 Å². The lowest BCUT2D eigenvalue weighted by molar-refractivity contribution is 0.0247. The number of carboxylic acid groups (broad SMARTS) is 1. The summed E-state index contributed by atoms with van der Waals surface area (Å²) in [4.78, 5) is 39.4. The molecule has 3 N–H and O–H groups in total. The third-order valence-electron chi connectivity index (χ3n) is 6.32. The van der Waals surface area contributed by atoms with Gasteiger partial charge >= 0.3 is 6.09 Å². The lowest BCUT2D eigenvalue weighted by atomic mass is 9.77. The van der Waals surface area contributed by atoms with Crippen LogP contribution in [0.25, 0.3) is 22.1 Å². The van der Waals surface area contributed by atoms with Gasteiger partial charge in [0, 0.05) is 12.6 Å². The maximum atomic E-state index is 13.6. The minimum Gasteiger partial charge on any atom is -0.465 e. The molecule has 2 unspecified atom stereocenters. The average molecular weight is 481 g/mol. The molecule has 1 fully saturated rings. The molecule has 182 valence electrons. The molecule has 4 aromatic rings. The Morgan fingerprint density at radius 1 is 1.26 bits per heavy atom. The number of rotatable bonds is 3. The van der Waals surface area contributed by atoms with Crippen molar-refractivity contribution in [2.75, 3.05) is 12.3 Å². The van der Waals surface area contributed by atoms with E-state index in [0.29, 0.717) is 25.0 Å². The Kier molecular flexibility index (Phi) is 5.18. The first-order valence-corrected chi connectivity index (χ1v) is 11.2. The quantitative estimate of drug-likeness (QED) is 0.417. The van der Waals surface area contributed by atoms with Gasteiger partial charge in [0.05, 0.1) is 17.5 Å². The number of carbonyl (C=O) groups excluding carboxylic acids is 1. The number of amides is 1. The minimum absolute atomic E-state index is 0.0463. The molecular weight excluding hydrogens is 457 g/mol. The van der Waals surface area contributed by atoms with Crippen molar-refractivity contribution in [3.05, 3.63) is 41.9 Å². The number of ketones is 1. The molecule has 35 heavy (non-hydrogen) atoms. The molecule has 0 spiro atoms. The number of oxazole rings is 1. The Morgan fingerprint density at radius 2 is 2.03 bits per heavy atom. The number of piperidine rings is 1. The summed E-state index contributed by atoms with van der Waals surface area (Å²) in [7, 11) is 0. The summed E-state index contributed by atoms with van der Waals surface area (Å²) >= 11 is 0. The lowest BCUT2D eigenvalue weighted by Crippen LogP contribution is -2.54. The Balaban J connectivity index is 1.67. The average Bonchev–Trinajstić information content (AvgIpc) is 3.39. The van der Waals surface area contributed by atoms with Crippen LogP contribution in [0.2, 0.25) is 0 Å². The fourth-order valence-corrected chi connectivity index (χ4v) is 4.98. The zero-order valence-corrected chi connectivity index (χ0v) is 19.4. The predicted molar refractivity (Wildman–Crippen MR) is 123 cm³/mol. The Hall–Kier alpha value is -4.09. The fraction of sp³-hybridized carbons (Fsp3) is 0.391. The van der Waals surface area contributed by atoms with Crippen molar-refractivity contribution in [1.82, 2.24) is 29.6 Å². The van der Waals surface area contributed by atoms with Gasteiger partial charge in [0.1, 0.15) is 23.5 Å². The highest BCUT2D eigenvalue weighted by Gasteiger charge is 2.44. The van der Waals surface area contributed by atoms with E-state index in [2.05, 4.69) is 20.1 Å². The fourth-order valence-electron chi connectivity index (χ4n) is 4.98. The number of hydrogen-bond donors (Lipinski definition) is 2. The number of nitrogens with two attached hydrogens (primary N) is 1. The maximum absolute atomic E-state index is 13.6. The molecule has 0 bridgehead atoms. The van der Waals surface area contributed by atoms with Gasteiger partial charge in [-0.05, 0) is 30.4 Å². The summed E-state index contributed by atoms with van der Waals surface area (Å²) in [5, 5.41) is 14.7. The van der Waals surface area contributed by atoms with Crippen LogP contribution in [0.5, 0.6) is 0 Å². The lowest BCUT2D eigenvalue weighted by Gasteiger charge is -2.46. The first kappa shape index (κ1) is 22.7. The molecule has 4 heterocycles. The van der Waals surface area contributed by atoms with E-state index in [1.54, 1.807) is 4.68 Å². The van der Waals surface area contributed by atoms with Crippen molar-refractivity contribution >= 4 is 39.8 Å². The number of aromatic nitrogens is 5. The van der Waals surface area contributed by atoms with Crippen LogP contribution in [0.1, 0.15) is 56.0 Å². The van der Waals surface area contributed by atoms with Crippen molar-refractivity contribution in [3.8, 4) is 0 Å². The number of anilines is 1. The molecule has 1 aromatic carbocycles.